The van der Waals surface area contributed by atoms with Crippen LogP contribution in [0.3, 0.4) is 0 Å². The van der Waals surface area contributed by atoms with Crippen molar-refractivity contribution in [2.45, 2.75) is 19.6 Å². The zero-order chi connectivity index (χ0) is 14.7. The molecule has 0 aliphatic carbocycles. The predicted octanol–water partition coefficient (Wildman–Crippen LogP) is 1.99. The number of rotatable bonds is 3. The second-order valence-electron chi connectivity index (χ2n) is 5.15. The fraction of sp³-hybridized carbons (Fsp3) is 0.467. The Morgan fingerprint density at radius 2 is 2.14 bits per heavy atom. The number of aromatic nitrogens is 2. The lowest BCUT2D eigenvalue weighted by molar-refractivity contribution is 0.0177. The molecule has 1 aliphatic heterocycles. The van der Waals surface area contributed by atoms with Gasteiger partial charge in [-0.25, -0.2) is 9.48 Å². The van der Waals surface area contributed by atoms with Crippen LogP contribution in [0.15, 0.2) is 30.5 Å². The van der Waals surface area contributed by atoms with Crippen LogP contribution in [0.1, 0.15) is 19.6 Å². The molecule has 1 saturated heterocycles. The van der Waals surface area contributed by atoms with Crippen molar-refractivity contribution in [2.24, 2.45) is 0 Å². The molecule has 6 nitrogen and oxygen atoms in total. The average molecular weight is 288 g/mol. The van der Waals surface area contributed by atoms with Gasteiger partial charge in [-0.1, -0.05) is 25.1 Å². The van der Waals surface area contributed by atoms with Gasteiger partial charge in [0.15, 0.2) is 6.23 Å². The van der Waals surface area contributed by atoms with Gasteiger partial charge in [0.1, 0.15) is 0 Å². The number of hydrogen-bond donors (Lipinski definition) is 1. The van der Waals surface area contributed by atoms with Crippen LogP contribution in [0, 0.1) is 0 Å². The molecule has 2 heterocycles. The Hall–Kier alpha value is -2.08. The zero-order valence-corrected chi connectivity index (χ0v) is 12.2. The van der Waals surface area contributed by atoms with Crippen molar-refractivity contribution in [1.82, 2.24) is 20.0 Å². The van der Waals surface area contributed by atoms with E-state index >= 15 is 0 Å². The lowest BCUT2D eigenvalue weighted by Crippen LogP contribution is -2.47. The number of hydrogen-bond acceptors (Lipinski definition) is 4. The van der Waals surface area contributed by atoms with Crippen LogP contribution in [0.4, 0.5) is 4.79 Å². The highest BCUT2D eigenvalue weighted by Crippen LogP contribution is 2.19. The number of benzene rings is 1. The molecule has 2 aromatic rings. The zero-order valence-electron chi connectivity index (χ0n) is 12.2. The second-order valence-corrected chi connectivity index (χ2v) is 5.15. The summed E-state index contributed by atoms with van der Waals surface area (Å²) < 4.78 is 7.36. The molecule has 1 aliphatic rings. The highest BCUT2D eigenvalue weighted by molar-refractivity contribution is 5.77. The lowest BCUT2D eigenvalue weighted by Gasteiger charge is -2.28. The lowest BCUT2D eigenvalue weighted by atomic mass is 10.3. The fourth-order valence-electron chi connectivity index (χ4n) is 2.49. The molecule has 1 fully saturated rings. The van der Waals surface area contributed by atoms with Crippen molar-refractivity contribution in [3.63, 3.8) is 0 Å². The highest BCUT2D eigenvalue weighted by Gasteiger charge is 2.22. The minimum absolute atomic E-state index is 0.261. The number of fused-ring (bicyclic) bond motifs is 1. The summed E-state index contributed by atoms with van der Waals surface area (Å²) in [6.45, 7) is 5.00. The molecule has 1 atom stereocenters. The van der Waals surface area contributed by atoms with Gasteiger partial charge in [-0.15, -0.1) is 0 Å². The third kappa shape index (κ3) is 3.00. The molecule has 112 valence electrons. The van der Waals surface area contributed by atoms with Gasteiger partial charge in [0.05, 0.1) is 5.52 Å². The molecule has 1 N–H and O–H groups in total. The van der Waals surface area contributed by atoms with E-state index in [1.54, 1.807) is 9.58 Å². The molecule has 0 unspecified atom stereocenters. The van der Waals surface area contributed by atoms with E-state index < -0.39 is 0 Å². The summed E-state index contributed by atoms with van der Waals surface area (Å²) in [5, 5.41) is 8.76. The molecule has 0 bridgehead atoms. The Labute approximate surface area is 123 Å². The number of nitrogens with zero attached hydrogens (tertiary/aromatic N) is 3. The maximum Gasteiger partial charge on any atom is 0.411 e. The number of ether oxygens (including phenoxy) is 1. The number of amides is 1. The predicted molar refractivity (Wildman–Crippen MR) is 80.0 cm³/mol. The average Bonchev–Trinajstić information content (AvgIpc) is 2.97. The first kappa shape index (κ1) is 13.9. The van der Waals surface area contributed by atoms with E-state index in [1.807, 2.05) is 37.4 Å². The van der Waals surface area contributed by atoms with Gasteiger partial charge in [-0.3, -0.25) is 0 Å². The Kier molecular flexibility index (Phi) is 4.06. The quantitative estimate of drug-likeness (QED) is 0.938. The second kappa shape index (κ2) is 6.13. The summed E-state index contributed by atoms with van der Waals surface area (Å²) in [5.74, 6) is 0. The van der Waals surface area contributed by atoms with E-state index in [0.29, 0.717) is 19.5 Å². The van der Waals surface area contributed by atoms with E-state index in [0.717, 1.165) is 24.0 Å². The molecule has 1 amide bonds. The van der Waals surface area contributed by atoms with Crippen LogP contribution < -0.4 is 5.32 Å². The van der Waals surface area contributed by atoms with Gasteiger partial charge in [0.2, 0.25) is 0 Å². The Bertz CT molecular complexity index is 586. The smallest absolute Gasteiger partial charge is 0.411 e. The Morgan fingerprint density at radius 3 is 2.86 bits per heavy atom. The molecular formula is C15H20N4O2. The van der Waals surface area contributed by atoms with Crippen LogP contribution in [0.25, 0.3) is 10.9 Å². The molecule has 21 heavy (non-hydrogen) atoms. The number of piperazine rings is 1. The SMILES string of the molecule is CC[C@@H](OC(=O)N1CCNCC1)n1cc2ccccc2n1. The highest BCUT2D eigenvalue weighted by atomic mass is 16.6. The molecular weight excluding hydrogens is 268 g/mol. The van der Waals surface area contributed by atoms with E-state index in [1.165, 1.54) is 0 Å². The maximum absolute atomic E-state index is 12.2. The molecule has 0 saturated carbocycles. The van der Waals surface area contributed by atoms with Gasteiger partial charge in [-0.2, -0.15) is 5.10 Å². The van der Waals surface area contributed by atoms with Gasteiger partial charge in [-0.05, 0) is 6.07 Å². The molecule has 6 heteroatoms. The van der Waals surface area contributed by atoms with Crippen LogP contribution in [0.2, 0.25) is 0 Å². The summed E-state index contributed by atoms with van der Waals surface area (Å²) in [5.41, 5.74) is 0.911. The fourth-order valence-corrected chi connectivity index (χ4v) is 2.49. The van der Waals surface area contributed by atoms with Gasteiger partial charge in [0.25, 0.3) is 0 Å². The van der Waals surface area contributed by atoms with E-state index in [9.17, 15) is 4.79 Å². The van der Waals surface area contributed by atoms with Crippen molar-refractivity contribution in [2.75, 3.05) is 26.2 Å². The third-order valence-electron chi connectivity index (χ3n) is 3.69. The maximum atomic E-state index is 12.2. The topological polar surface area (TPSA) is 59.4 Å². The van der Waals surface area contributed by atoms with Gasteiger partial charge in [0, 0.05) is 44.2 Å². The normalized spacial score (nSPS) is 16.9. The first-order valence-electron chi connectivity index (χ1n) is 7.38. The minimum Gasteiger partial charge on any atom is -0.423 e. The molecule has 1 aromatic carbocycles. The van der Waals surface area contributed by atoms with Crippen LogP contribution in [0.5, 0.6) is 0 Å². The van der Waals surface area contributed by atoms with Gasteiger partial charge >= 0.3 is 6.09 Å². The monoisotopic (exact) mass is 288 g/mol. The van der Waals surface area contributed by atoms with E-state index in [4.69, 9.17) is 4.74 Å². The summed E-state index contributed by atoms with van der Waals surface area (Å²) in [6.07, 6.45) is 1.99. The van der Waals surface area contributed by atoms with Crippen molar-refractivity contribution in [1.29, 1.82) is 0 Å². The standard InChI is InChI=1S/C15H20N4O2/c1-2-14(21-15(20)18-9-7-16-8-10-18)19-11-12-5-3-4-6-13(12)17-19/h3-6,11,14,16H,2,7-10H2,1H3/t14-/m1/s1. The number of nitrogens with one attached hydrogen (secondary N) is 1. The van der Waals surface area contributed by atoms with E-state index in [-0.39, 0.29) is 12.3 Å². The van der Waals surface area contributed by atoms with Crippen molar-refractivity contribution in [3.8, 4) is 0 Å². The molecule has 0 radical (unpaired) electrons. The number of carbonyl (C=O) groups excluding carboxylic acids is 1. The van der Waals surface area contributed by atoms with Crippen LogP contribution in [-0.4, -0.2) is 47.0 Å². The van der Waals surface area contributed by atoms with Crippen molar-refractivity contribution in [3.05, 3.63) is 30.5 Å². The Morgan fingerprint density at radius 1 is 1.38 bits per heavy atom. The van der Waals surface area contributed by atoms with Crippen LogP contribution >= 0.6 is 0 Å². The summed E-state index contributed by atoms with van der Waals surface area (Å²) in [4.78, 5) is 13.9. The first-order valence-corrected chi connectivity index (χ1v) is 7.38. The molecule has 0 spiro atoms. The van der Waals surface area contributed by atoms with Gasteiger partial charge < -0.3 is 15.0 Å². The number of carbonyl (C=O) groups is 1. The third-order valence-corrected chi connectivity index (χ3v) is 3.69. The largest absolute Gasteiger partial charge is 0.423 e. The van der Waals surface area contributed by atoms with E-state index in [2.05, 4.69) is 10.4 Å². The van der Waals surface area contributed by atoms with Crippen molar-refractivity contribution < 1.29 is 9.53 Å². The van der Waals surface area contributed by atoms with Crippen LogP contribution in [-0.2, 0) is 4.74 Å². The summed E-state index contributed by atoms with van der Waals surface area (Å²) in [6, 6.07) is 7.88. The molecule has 3 rings (SSSR count). The summed E-state index contributed by atoms with van der Waals surface area (Å²) >= 11 is 0. The minimum atomic E-state index is -0.361. The molecule has 1 aromatic heterocycles. The first-order chi connectivity index (χ1) is 10.3. The Balaban J connectivity index is 1.73. The summed E-state index contributed by atoms with van der Waals surface area (Å²) in [7, 11) is 0. The van der Waals surface area contributed by atoms with Crippen molar-refractivity contribution >= 4 is 17.0 Å².